The molecule has 0 unspecified atom stereocenters. The van der Waals surface area contributed by atoms with Crippen molar-refractivity contribution in [3.8, 4) is 0 Å². The topological polar surface area (TPSA) is 86.7 Å². The summed E-state index contributed by atoms with van der Waals surface area (Å²) in [6, 6.07) is 4.58. The third-order valence-electron chi connectivity index (χ3n) is 2.82. The lowest BCUT2D eigenvalue weighted by atomic mass is 9.98. The molecule has 4 nitrogen and oxygen atoms in total. The summed E-state index contributed by atoms with van der Waals surface area (Å²) in [4.78, 5) is 0. The van der Waals surface area contributed by atoms with Crippen LogP contribution in [0.3, 0.4) is 0 Å². The molecule has 0 aliphatic rings. The predicted molar refractivity (Wildman–Crippen MR) is 88.6 cm³/mol. The van der Waals surface area contributed by atoms with E-state index in [-0.39, 0.29) is 5.56 Å². The molecule has 0 saturated carbocycles. The molecule has 1 aromatic carbocycles. The molecule has 108 valence electrons. The van der Waals surface area contributed by atoms with Crippen molar-refractivity contribution >= 4 is 28.2 Å². The standard InChI is InChI=1S/C15H18INO3/c1-4-13(16)14(17)8-10(3)12-6-5-11(7-9(12)2)15(18,19)20/h4-8,18-20H,3,17H2,1-2H3/b13-4+,14-8+. The first-order valence-electron chi connectivity index (χ1n) is 5.93. The quantitative estimate of drug-likeness (QED) is 0.363. The molecule has 1 aromatic rings. The highest BCUT2D eigenvalue weighted by Gasteiger charge is 2.22. The van der Waals surface area contributed by atoms with Crippen molar-refractivity contribution in [2.45, 2.75) is 19.8 Å². The van der Waals surface area contributed by atoms with E-state index in [0.717, 1.165) is 14.7 Å². The van der Waals surface area contributed by atoms with Crippen molar-refractivity contribution in [2.24, 2.45) is 5.73 Å². The van der Waals surface area contributed by atoms with Crippen LogP contribution in [0.15, 0.2) is 46.2 Å². The Bertz CT molecular complexity index is 583. The number of rotatable bonds is 4. The molecule has 5 heteroatoms. The molecule has 0 amide bonds. The number of aliphatic hydroxyl groups is 3. The summed E-state index contributed by atoms with van der Waals surface area (Å²) < 4.78 is 0.929. The number of nitrogens with two attached hydrogens (primary N) is 1. The maximum Gasteiger partial charge on any atom is 0.304 e. The second-order valence-corrected chi connectivity index (χ2v) is 5.59. The lowest BCUT2D eigenvalue weighted by Gasteiger charge is -2.16. The fourth-order valence-corrected chi connectivity index (χ4v) is 1.89. The zero-order valence-electron chi connectivity index (χ0n) is 11.4. The Kier molecular flexibility index (Phi) is 5.52. The van der Waals surface area contributed by atoms with Crippen LogP contribution in [0.25, 0.3) is 5.57 Å². The summed E-state index contributed by atoms with van der Waals surface area (Å²) in [7, 11) is 0. The van der Waals surface area contributed by atoms with Gasteiger partial charge in [0.1, 0.15) is 0 Å². The molecule has 0 atom stereocenters. The largest absolute Gasteiger partial charge is 0.398 e. The van der Waals surface area contributed by atoms with Gasteiger partial charge in [-0.15, -0.1) is 0 Å². The minimum atomic E-state index is -2.83. The van der Waals surface area contributed by atoms with Gasteiger partial charge in [0.15, 0.2) is 0 Å². The lowest BCUT2D eigenvalue weighted by Crippen LogP contribution is -2.23. The molecule has 0 saturated heterocycles. The summed E-state index contributed by atoms with van der Waals surface area (Å²) in [5.74, 6) is -2.83. The van der Waals surface area contributed by atoms with Gasteiger partial charge < -0.3 is 21.1 Å². The van der Waals surface area contributed by atoms with E-state index in [0.29, 0.717) is 11.3 Å². The van der Waals surface area contributed by atoms with Crippen LogP contribution in [-0.2, 0) is 5.97 Å². The third-order valence-corrected chi connectivity index (χ3v) is 4.06. The first-order chi connectivity index (χ1) is 9.16. The predicted octanol–water partition coefficient (Wildman–Crippen LogP) is 2.28. The normalized spacial score (nSPS) is 13.5. The van der Waals surface area contributed by atoms with Crippen molar-refractivity contribution in [2.75, 3.05) is 0 Å². The average molecular weight is 387 g/mol. The highest BCUT2D eigenvalue weighted by molar-refractivity contribution is 14.1. The van der Waals surface area contributed by atoms with Crippen molar-refractivity contribution in [3.63, 3.8) is 0 Å². The van der Waals surface area contributed by atoms with Gasteiger partial charge in [0.2, 0.25) is 0 Å². The lowest BCUT2D eigenvalue weighted by molar-refractivity contribution is -0.323. The smallest absolute Gasteiger partial charge is 0.304 e. The van der Waals surface area contributed by atoms with Crippen LogP contribution in [0.4, 0.5) is 0 Å². The first-order valence-corrected chi connectivity index (χ1v) is 7.01. The summed E-state index contributed by atoms with van der Waals surface area (Å²) in [5.41, 5.74) is 8.83. The van der Waals surface area contributed by atoms with Gasteiger partial charge in [-0.1, -0.05) is 24.8 Å². The molecule has 0 heterocycles. The minimum absolute atomic E-state index is 0.00605. The highest BCUT2D eigenvalue weighted by atomic mass is 127. The summed E-state index contributed by atoms with van der Waals surface area (Å²) in [5, 5.41) is 27.4. The summed E-state index contributed by atoms with van der Waals surface area (Å²) in [6.45, 7) is 7.65. The van der Waals surface area contributed by atoms with Crippen molar-refractivity contribution in [1.29, 1.82) is 0 Å². The van der Waals surface area contributed by atoms with E-state index in [4.69, 9.17) is 21.1 Å². The number of halogens is 1. The molecule has 0 aromatic heterocycles. The summed E-state index contributed by atoms with van der Waals surface area (Å²) >= 11 is 2.14. The van der Waals surface area contributed by atoms with Crippen LogP contribution in [0, 0.1) is 6.92 Å². The molecule has 0 aliphatic heterocycles. The van der Waals surface area contributed by atoms with Crippen LogP contribution >= 0.6 is 22.6 Å². The number of benzene rings is 1. The van der Waals surface area contributed by atoms with Gasteiger partial charge in [0, 0.05) is 14.8 Å². The Hall–Kier alpha value is -1.15. The van der Waals surface area contributed by atoms with Crippen molar-refractivity contribution in [3.05, 3.63) is 62.9 Å². The van der Waals surface area contributed by atoms with Gasteiger partial charge in [0.25, 0.3) is 0 Å². The Morgan fingerprint density at radius 2 is 1.95 bits per heavy atom. The molecule has 0 aliphatic carbocycles. The number of aryl methyl sites for hydroxylation is 1. The van der Waals surface area contributed by atoms with Crippen LogP contribution in [0.1, 0.15) is 23.6 Å². The maximum atomic E-state index is 9.14. The zero-order valence-corrected chi connectivity index (χ0v) is 13.5. The van der Waals surface area contributed by atoms with Gasteiger partial charge in [-0.3, -0.25) is 0 Å². The third kappa shape index (κ3) is 4.17. The van der Waals surface area contributed by atoms with E-state index >= 15 is 0 Å². The summed E-state index contributed by atoms with van der Waals surface area (Å²) in [6.07, 6.45) is 3.65. The van der Waals surface area contributed by atoms with Gasteiger partial charge in [-0.05, 0) is 65.3 Å². The molecule has 0 fully saturated rings. The van der Waals surface area contributed by atoms with E-state index in [1.165, 1.54) is 12.1 Å². The second-order valence-electron chi connectivity index (χ2n) is 4.43. The van der Waals surface area contributed by atoms with E-state index in [2.05, 4.69) is 29.2 Å². The molecular formula is C15H18INO3. The zero-order chi connectivity index (χ0) is 15.5. The molecule has 5 N–H and O–H groups in total. The molecule has 0 radical (unpaired) electrons. The maximum absolute atomic E-state index is 9.14. The van der Waals surface area contributed by atoms with Gasteiger partial charge in [-0.25, -0.2) is 0 Å². The van der Waals surface area contributed by atoms with Gasteiger partial charge >= 0.3 is 5.97 Å². The fourth-order valence-electron chi connectivity index (χ4n) is 1.73. The molecule has 0 bridgehead atoms. The number of hydrogen-bond acceptors (Lipinski definition) is 4. The Morgan fingerprint density at radius 3 is 2.40 bits per heavy atom. The Balaban J connectivity index is 3.14. The number of allylic oxidation sites excluding steroid dienone is 4. The van der Waals surface area contributed by atoms with Crippen molar-refractivity contribution < 1.29 is 15.3 Å². The van der Waals surface area contributed by atoms with E-state index in [1.54, 1.807) is 19.1 Å². The van der Waals surface area contributed by atoms with Gasteiger partial charge in [0.05, 0.1) is 0 Å². The van der Waals surface area contributed by atoms with E-state index in [9.17, 15) is 0 Å². The average Bonchev–Trinajstić information content (AvgIpc) is 2.36. The van der Waals surface area contributed by atoms with Crippen LogP contribution in [-0.4, -0.2) is 15.3 Å². The Morgan fingerprint density at radius 1 is 1.35 bits per heavy atom. The first kappa shape index (κ1) is 16.9. The molecule has 20 heavy (non-hydrogen) atoms. The van der Waals surface area contributed by atoms with Crippen LogP contribution in [0.2, 0.25) is 0 Å². The fraction of sp³-hybridized carbons (Fsp3) is 0.200. The van der Waals surface area contributed by atoms with Crippen LogP contribution in [0.5, 0.6) is 0 Å². The van der Waals surface area contributed by atoms with E-state index in [1.807, 2.05) is 13.0 Å². The Labute approximate surface area is 132 Å². The highest BCUT2D eigenvalue weighted by Crippen LogP contribution is 2.25. The minimum Gasteiger partial charge on any atom is -0.398 e. The van der Waals surface area contributed by atoms with Gasteiger partial charge in [-0.2, -0.15) is 0 Å². The van der Waals surface area contributed by atoms with Crippen LogP contribution < -0.4 is 5.73 Å². The SMILES string of the molecule is C=C(/C=C(N)\C(I)=C/C)c1ccc(C(O)(O)O)cc1C. The molecule has 0 spiro atoms. The number of hydrogen-bond donors (Lipinski definition) is 4. The monoisotopic (exact) mass is 387 g/mol. The second kappa shape index (κ2) is 6.53. The van der Waals surface area contributed by atoms with E-state index < -0.39 is 5.97 Å². The molecular weight excluding hydrogens is 369 g/mol. The van der Waals surface area contributed by atoms with Crippen molar-refractivity contribution in [1.82, 2.24) is 0 Å². The molecule has 1 rings (SSSR count).